The van der Waals surface area contributed by atoms with E-state index in [1.54, 1.807) is 36.4 Å². The number of benzene rings is 2. The van der Waals surface area contributed by atoms with Gasteiger partial charge >= 0.3 is 5.97 Å². The maximum absolute atomic E-state index is 12.3. The summed E-state index contributed by atoms with van der Waals surface area (Å²) in [6, 6.07) is 12.0. The van der Waals surface area contributed by atoms with E-state index in [1.807, 2.05) is 19.9 Å². The molecule has 0 aromatic heterocycles. The summed E-state index contributed by atoms with van der Waals surface area (Å²) in [4.78, 5) is 12.3. The molecule has 0 unspecified atom stereocenters. The van der Waals surface area contributed by atoms with Crippen molar-refractivity contribution in [3.63, 3.8) is 0 Å². The highest BCUT2D eigenvalue weighted by molar-refractivity contribution is 9.10. The smallest absolute Gasteiger partial charge is 0.347 e. The van der Waals surface area contributed by atoms with Gasteiger partial charge in [0.25, 0.3) is 0 Å². The van der Waals surface area contributed by atoms with Crippen molar-refractivity contribution < 1.29 is 14.3 Å². The van der Waals surface area contributed by atoms with Crippen LogP contribution in [0.25, 0.3) is 0 Å². The second kappa shape index (κ2) is 6.96. The monoisotopic (exact) mass is 368 g/mol. The Morgan fingerprint density at radius 3 is 2.52 bits per heavy atom. The lowest BCUT2D eigenvalue weighted by atomic mass is 10.2. The van der Waals surface area contributed by atoms with Crippen molar-refractivity contribution in [3.8, 4) is 11.5 Å². The third kappa shape index (κ3) is 4.22. The van der Waals surface area contributed by atoms with Crippen LogP contribution in [0.5, 0.6) is 11.5 Å². The van der Waals surface area contributed by atoms with Gasteiger partial charge in [-0.1, -0.05) is 39.7 Å². The maximum atomic E-state index is 12.3. The van der Waals surface area contributed by atoms with Gasteiger partial charge in [-0.3, -0.25) is 0 Å². The number of ether oxygens (including phenoxy) is 2. The van der Waals surface area contributed by atoms with Crippen molar-refractivity contribution >= 4 is 33.5 Å². The molecule has 0 radical (unpaired) electrons. The summed E-state index contributed by atoms with van der Waals surface area (Å²) in [6.07, 6.45) is -0.0435. The SMILES string of the molecule is CC(C)Oc1ccc(Br)cc1C(=O)Oc1ccccc1Cl. The minimum atomic E-state index is -0.514. The first-order valence-electron chi connectivity index (χ1n) is 6.40. The highest BCUT2D eigenvalue weighted by Crippen LogP contribution is 2.28. The Morgan fingerprint density at radius 1 is 1.14 bits per heavy atom. The molecule has 5 heteroatoms. The first kappa shape index (κ1) is 15.9. The summed E-state index contributed by atoms with van der Waals surface area (Å²) < 4.78 is 11.7. The predicted octanol–water partition coefficient (Wildman–Crippen LogP) is 5.11. The van der Waals surface area contributed by atoms with Crippen LogP contribution in [0.1, 0.15) is 24.2 Å². The molecule has 0 bridgehead atoms. The lowest BCUT2D eigenvalue weighted by molar-refractivity contribution is 0.0728. The Hall–Kier alpha value is -1.52. The predicted molar refractivity (Wildman–Crippen MR) is 86.3 cm³/mol. The van der Waals surface area contributed by atoms with Gasteiger partial charge in [0, 0.05) is 4.47 Å². The van der Waals surface area contributed by atoms with Crippen LogP contribution in [0, 0.1) is 0 Å². The average Bonchev–Trinajstić information content (AvgIpc) is 2.43. The van der Waals surface area contributed by atoms with Crippen LogP contribution in [0.3, 0.4) is 0 Å². The summed E-state index contributed by atoms with van der Waals surface area (Å²) in [5.74, 6) is 0.282. The van der Waals surface area contributed by atoms with E-state index < -0.39 is 5.97 Å². The number of halogens is 2. The van der Waals surface area contributed by atoms with Gasteiger partial charge in [0.1, 0.15) is 17.1 Å². The lowest BCUT2D eigenvalue weighted by Crippen LogP contribution is -2.14. The van der Waals surface area contributed by atoms with Crippen LogP contribution < -0.4 is 9.47 Å². The summed E-state index contributed by atoms with van der Waals surface area (Å²) in [5.41, 5.74) is 0.345. The van der Waals surface area contributed by atoms with Crippen LogP contribution >= 0.6 is 27.5 Å². The third-order valence-electron chi connectivity index (χ3n) is 2.56. The Kier molecular flexibility index (Phi) is 5.26. The minimum absolute atomic E-state index is 0.0435. The molecule has 110 valence electrons. The topological polar surface area (TPSA) is 35.5 Å². The fraction of sp³-hybridized carbons (Fsp3) is 0.188. The van der Waals surface area contributed by atoms with E-state index >= 15 is 0 Å². The van der Waals surface area contributed by atoms with Crippen molar-refractivity contribution in [2.45, 2.75) is 20.0 Å². The van der Waals surface area contributed by atoms with Gasteiger partial charge in [-0.25, -0.2) is 4.79 Å². The first-order valence-corrected chi connectivity index (χ1v) is 7.57. The summed E-state index contributed by atoms with van der Waals surface area (Å²) in [6.45, 7) is 3.79. The third-order valence-corrected chi connectivity index (χ3v) is 3.37. The number of carbonyl (C=O) groups excluding carboxylic acids is 1. The summed E-state index contributed by atoms with van der Waals surface area (Å²) in [5, 5.41) is 0.382. The molecule has 0 spiro atoms. The van der Waals surface area contributed by atoms with Gasteiger partial charge in [0.15, 0.2) is 0 Å². The highest BCUT2D eigenvalue weighted by Gasteiger charge is 2.17. The second-order valence-corrected chi connectivity index (χ2v) is 5.95. The van der Waals surface area contributed by atoms with E-state index in [-0.39, 0.29) is 6.10 Å². The Labute approximate surface area is 137 Å². The molecule has 0 saturated carbocycles. The largest absolute Gasteiger partial charge is 0.490 e. The van der Waals surface area contributed by atoms with Crippen LogP contribution in [0.15, 0.2) is 46.9 Å². The zero-order chi connectivity index (χ0) is 15.4. The summed E-state index contributed by atoms with van der Waals surface area (Å²) >= 11 is 9.33. The van der Waals surface area contributed by atoms with Crippen LogP contribution in [-0.2, 0) is 0 Å². The molecule has 3 nitrogen and oxygen atoms in total. The Bertz CT molecular complexity index is 656. The molecular formula is C16H14BrClO3. The van der Waals surface area contributed by atoms with E-state index in [4.69, 9.17) is 21.1 Å². The van der Waals surface area contributed by atoms with Crippen molar-refractivity contribution in [2.24, 2.45) is 0 Å². The molecular weight excluding hydrogens is 356 g/mol. The molecule has 0 saturated heterocycles. The number of carbonyl (C=O) groups is 1. The molecule has 0 heterocycles. The molecule has 0 atom stereocenters. The zero-order valence-corrected chi connectivity index (χ0v) is 13.9. The Balaban J connectivity index is 2.30. The van der Waals surface area contributed by atoms with E-state index in [0.717, 1.165) is 4.47 Å². The number of hydrogen-bond acceptors (Lipinski definition) is 3. The first-order chi connectivity index (χ1) is 9.97. The molecule has 21 heavy (non-hydrogen) atoms. The molecule has 0 amide bonds. The van der Waals surface area contributed by atoms with Crippen LogP contribution in [0.4, 0.5) is 0 Å². The Morgan fingerprint density at radius 2 is 1.86 bits per heavy atom. The van der Waals surface area contributed by atoms with E-state index in [2.05, 4.69) is 15.9 Å². The van der Waals surface area contributed by atoms with Crippen molar-refractivity contribution in [1.29, 1.82) is 0 Å². The zero-order valence-electron chi connectivity index (χ0n) is 11.6. The van der Waals surface area contributed by atoms with Crippen LogP contribution in [0.2, 0.25) is 5.02 Å². The second-order valence-electron chi connectivity index (χ2n) is 4.63. The fourth-order valence-electron chi connectivity index (χ4n) is 1.70. The number of para-hydroxylation sites is 1. The van der Waals surface area contributed by atoms with E-state index in [1.165, 1.54) is 0 Å². The van der Waals surface area contributed by atoms with Gasteiger partial charge < -0.3 is 9.47 Å². The number of rotatable bonds is 4. The van der Waals surface area contributed by atoms with Gasteiger partial charge in [0.05, 0.1) is 11.1 Å². The molecule has 2 rings (SSSR count). The molecule has 2 aromatic carbocycles. The van der Waals surface area contributed by atoms with Crippen molar-refractivity contribution in [2.75, 3.05) is 0 Å². The minimum Gasteiger partial charge on any atom is -0.490 e. The van der Waals surface area contributed by atoms with E-state index in [0.29, 0.717) is 22.1 Å². The molecule has 0 aliphatic rings. The van der Waals surface area contributed by atoms with Gasteiger partial charge in [-0.05, 0) is 44.2 Å². The molecule has 0 aliphatic carbocycles. The highest BCUT2D eigenvalue weighted by atomic mass is 79.9. The lowest BCUT2D eigenvalue weighted by Gasteiger charge is -2.14. The standard InChI is InChI=1S/C16H14BrClO3/c1-10(2)20-14-8-7-11(17)9-12(14)16(19)21-15-6-4-3-5-13(15)18/h3-10H,1-2H3. The fourth-order valence-corrected chi connectivity index (χ4v) is 2.24. The van der Waals surface area contributed by atoms with Crippen molar-refractivity contribution in [3.05, 3.63) is 57.5 Å². The molecule has 0 aliphatic heterocycles. The maximum Gasteiger partial charge on any atom is 0.347 e. The molecule has 0 N–H and O–H groups in total. The number of hydrogen-bond donors (Lipinski definition) is 0. The van der Waals surface area contributed by atoms with Crippen molar-refractivity contribution in [1.82, 2.24) is 0 Å². The summed E-state index contributed by atoms with van der Waals surface area (Å²) in [7, 11) is 0. The number of esters is 1. The van der Waals surface area contributed by atoms with Gasteiger partial charge in [0.2, 0.25) is 0 Å². The van der Waals surface area contributed by atoms with Crippen LogP contribution in [-0.4, -0.2) is 12.1 Å². The normalized spacial score (nSPS) is 10.5. The molecule has 2 aromatic rings. The van der Waals surface area contributed by atoms with Gasteiger partial charge in [-0.15, -0.1) is 0 Å². The van der Waals surface area contributed by atoms with E-state index in [9.17, 15) is 4.79 Å². The van der Waals surface area contributed by atoms with Gasteiger partial charge in [-0.2, -0.15) is 0 Å². The molecule has 0 fully saturated rings. The quantitative estimate of drug-likeness (QED) is 0.555. The average molecular weight is 370 g/mol.